The zero-order chi connectivity index (χ0) is 13.0. The fourth-order valence-corrected chi connectivity index (χ4v) is 2.02. The Kier molecular flexibility index (Phi) is 5.47. The second-order valence-electron chi connectivity index (χ2n) is 3.81. The number of hydrogen-bond acceptors (Lipinski definition) is 2. The average molecular weight is 271 g/mol. The van der Waals surface area contributed by atoms with Crippen LogP contribution in [0.25, 0.3) is 0 Å². The van der Waals surface area contributed by atoms with Crippen LogP contribution in [0.4, 0.5) is 12.9 Å². The van der Waals surface area contributed by atoms with E-state index in [-0.39, 0.29) is 4.70 Å². The number of rotatable bonds is 0. The van der Waals surface area contributed by atoms with E-state index >= 15 is 0 Å². The van der Waals surface area contributed by atoms with Crippen molar-refractivity contribution in [3.05, 3.63) is 60.3 Å². The number of halogens is 4. The first kappa shape index (κ1) is 15.1. The molecule has 0 saturated carbocycles. The van der Waals surface area contributed by atoms with Gasteiger partial charge in [0.25, 0.3) is 0 Å². The second kappa shape index (κ2) is 6.87. The topological polar surface area (TPSA) is 6.48 Å². The molecule has 0 amide bonds. The monoisotopic (exact) mass is 271 g/mol. The molecular weight excluding hydrogens is 259 g/mol. The fourth-order valence-electron chi connectivity index (χ4n) is 2.02. The van der Waals surface area contributed by atoms with Crippen LogP contribution in [0.3, 0.4) is 0 Å². The molecule has 3 aliphatic heterocycles. The second-order valence-corrected chi connectivity index (χ2v) is 3.81. The average Bonchev–Trinajstić information content (AvgIpc) is 2.38. The summed E-state index contributed by atoms with van der Waals surface area (Å²) in [6.07, 6.45) is 17.0. The van der Waals surface area contributed by atoms with Gasteiger partial charge in [-0.3, -0.25) is 12.9 Å². The third-order valence-electron chi connectivity index (χ3n) is 2.73. The lowest BCUT2D eigenvalue weighted by molar-refractivity contribution is -0.00000634. The van der Waals surface area contributed by atoms with Gasteiger partial charge in [-0.1, -0.05) is 12.2 Å². The van der Waals surface area contributed by atoms with Gasteiger partial charge in [-0.05, 0) is 24.3 Å². The zero-order valence-electron chi connectivity index (χ0n) is 10.0. The van der Waals surface area contributed by atoms with Crippen molar-refractivity contribution in [2.45, 2.75) is 0 Å². The molecule has 3 rings (SSSR count). The third-order valence-corrected chi connectivity index (χ3v) is 2.73. The van der Waals surface area contributed by atoms with Gasteiger partial charge in [-0.25, -0.2) is 0 Å². The van der Waals surface area contributed by atoms with Gasteiger partial charge in [0.05, 0.1) is 11.4 Å². The van der Waals surface area contributed by atoms with Crippen LogP contribution in [0, 0.1) is 0 Å². The number of nitrogens with zero attached hydrogens (tertiary/aromatic N) is 2. The minimum Gasteiger partial charge on any atom is -1.00 e. The maximum absolute atomic E-state index is 9.67. The fraction of sp³-hybridized carbons (Fsp3) is 0.167. The molecule has 102 valence electrons. The van der Waals surface area contributed by atoms with Crippen molar-refractivity contribution in [3.63, 3.8) is 0 Å². The van der Waals surface area contributed by atoms with Crippen LogP contribution < -0.4 is 4.70 Å². The molecule has 0 aromatic carbocycles. The van der Waals surface area contributed by atoms with Crippen LogP contribution in [0.5, 0.6) is 0 Å². The summed E-state index contributed by atoms with van der Waals surface area (Å²) in [6, 6.07) is 0. The molecular formula is C12H12BF4N2-. The molecule has 0 aromatic rings. The zero-order valence-corrected chi connectivity index (χ0v) is 10.0. The summed E-state index contributed by atoms with van der Waals surface area (Å²) in [5.41, 5.74) is 2.61. The standard InChI is InChI=1S/C12H12N2.BF3.FH/c1-3-7-13-9-10-14-8-4-2-6-12(14)11(13)5-1;2-1(3)4;/h1-8H,9-10H2;;1H/p-1. The molecule has 0 saturated heterocycles. The third kappa shape index (κ3) is 3.77. The lowest BCUT2D eigenvalue weighted by atomic mass is 10.1. The van der Waals surface area contributed by atoms with Gasteiger partial charge in [0.2, 0.25) is 0 Å². The van der Waals surface area contributed by atoms with Crippen LogP contribution in [-0.2, 0) is 0 Å². The van der Waals surface area contributed by atoms with Gasteiger partial charge in [0.15, 0.2) is 0 Å². The van der Waals surface area contributed by atoms with Crippen molar-refractivity contribution >= 4 is 7.54 Å². The van der Waals surface area contributed by atoms with E-state index in [1.807, 2.05) is 0 Å². The highest BCUT2D eigenvalue weighted by Gasteiger charge is 2.21. The molecule has 0 aromatic heterocycles. The first-order chi connectivity index (χ1) is 8.68. The van der Waals surface area contributed by atoms with Crippen molar-refractivity contribution in [2.75, 3.05) is 13.1 Å². The Morgan fingerprint density at radius 3 is 1.53 bits per heavy atom. The number of allylic oxidation sites excluding steroid dienone is 6. The van der Waals surface area contributed by atoms with Gasteiger partial charge < -0.3 is 14.5 Å². The van der Waals surface area contributed by atoms with Crippen LogP contribution in [0.15, 0.2) is 60.3 Å². The van der Waals surface area contributed by atoms with Gasteiger partial charge in [-0.15, -0.1) is 0 Å². The van der Waals surface area contributed by atoms with E-state index in [9.17, 15) is 12.9 Å². The maximum Gasteiger partial charge on any atom is 0.762 e. The summed E-state index contributed by atoms with van der Waals surface area (Å²) < 4.78 is 29.0. The highest BCUT2D eigenvalue weighted by Crippen LogP contribution is 2.26. The minimum absolute atomic E-state index is 0. The SMILES string of the molecule is C1=CC2=C3C=CC=CN3CCN2C=C1.FB(F)F.[F-]. The van der Waals surface area contributed by atoms with E-state index in [0.717, 1.165) is 13.1 Å². The largest absolute Gasteiger partial charge is 1.00 e. The molecule has 0 unspecified atom stereocenters. The normalized spacial score (nSPS) is 18.3. The van der Waals surface area contributed by atoms with E-state index < -0.39 is 7.54 Å². The molecule has 7 heteroatoms. The molecule has 0 bridgehead atoms. The van der Waals surface area contributed by atoms with Gasteiger partial charge in [0, 0.05) is 25.5 Å². The van der Waals surface area contributed by atoms with E-state index in [4.69, 9.17) is 0 Å². The summed E-state index contributed by atoms with van der Waals surface area (Å²) in [7, 11) is -3.67. The Balaban J connectivity index is 0.000000323. The first-order valence-electron chi connectivity index (χ1n) is 5.58. The minimum atomic E-state index is -3.67. The quantitative estimate of drug-likeness (QED) is 0.447. The highest BCUT2D eigenvalue weighted by atomic mass is 19.4. The van der Waals surface area contributed by atoms with Crippen molar-refractivity contribution < 1.29 is 17.7 Å². The molecule has 0 N–H and O–H groups in total. The van der Waals surface area contributed by atoms with Gasteiger partial charge >= 0.3 is 7.54 Å². The van der Waals surface area contributed by atoms with Gasteiger partial charge in [-0.2, -0.15) is 0 Å². The van der Waals surface area contributed by atoms with Gasteiger partial charge in [0.1, 0.15) is 0 Å². The maximum atomic E-state index is 9.67. The molecule has 0 aliphatic carbocycles. The van der Waals surface area contributed by atoms with Crippen molar-refractivity contribution in [2.24, 2.45) is 0 Å². The molecule has 3 aliphatic rings. The Bertz CT molecular complexity index is 414. The lowest BCUT2D eigenvalue weighted by Gasteiger charge is -2.37. The Morgan fingerprint density at radius 2 is 1.16 bits per heavy atom. The van der Waals surface area contributed by atoms with Crippen LogP contribution in [-0.4, -0.2) is 30.4 Å². The molecule has 0 spiro atoms. The summed E-state index contributed by atoms with van der Waals surface area (Å²) in [6.45, 7) is 2.13. The smallest absolute Gasteiger partial charge is 0.762 e. The molecule has 0 fully saturated rings. The molecule has 2 nitrogen and oxygen atoms in total. The van der Waals surface area contributed by atoms with E-state index in [0.29, 0.717) is 0 Å². The van der Waals surface area contributed by atoms with Crippen molar-refractivity contribution in [1.29, 1.82) is 0 Å². The summed E-state index contributed by atoms with van der Waals surface area (Å²) in [5, 5.41) is 0. The Morgan fingerprint density at radius 1 is 0.789 bits per heavy atom. The lowest BCUT2D eigenvalue weighted by Crippen LogP contribution is -3.00. The Hall–Kier alpha value is -1.92. The van der Waals surface area contributed by atoms with Crippen LogP contribution >= 0.6 is 0 Å². The summed E-state index contributed by atoms with van der Waals surface area (Å²) in [4.78, 5) is 4.60. The van der Waals surface area contributed by atoms with E-state index in [1.54, 1.807) is 0 Å². The van der Waals surface area contributed by atoms with E-state index in [1.165, 1.54) is 11.4 Å². The first-order valence-corrected chi connectivity index (χ1v) is 5.58. The van der Waals surface area contributed by atoms with Crippen LogP contribution in [0.2, 0.25) is 0 Å². The predicted molar refractivity (Wildman–Crippen MR) is 66.1 cm³/mol. The molecule has 0 radical (unpaired) electrons. The number of fused-ring (bicyclic) bond motifs is 2. The molecule has 0 atom stereocenters. The number of hydrogen-bond donors (Lipinski definition) is 0. The summed E-state index contributed by atoms with van der Waals surface area (Å²) in [5.74, 6) is 0. The Labute approximate surface area is 109 Å². The predicted octanol–water partition coefficient (Wildman–Crippen LogP) is -0.134. The summed E-state index contributed by atoms with van der Waals surface area (Å²) >= 11 is 0. The van der Waals surface area contributed by atoms with Crippen molar-refractivity contribution in [1.82, 2.24) is 9.80 Å². The van der Waals surface area contributed by atoms with Crippen LogP contribution in [0.1, 0.15) is 0 Å². The van der Waals surface area contributed by atoms with E-state index in [2.05, 4.69) is 58.7 Å². The molecule has 19 heavy (non-hydrogen) atoms. The van der Waals surface area contributed by atoms with Crippen molar-refractivity contribution in [3.8, 4) is 0 Å². The highest BCUT2D eigenvalue weighted by molar-refractivity contribution is 6.33. The molecule has 3 heterocycles.